The van der Waals surface area contributed by atoms with Crippen LogP contribution in [-0.4, -0.2) is 45.5 Å². The van der Waals surface area contributed by atoms with Crippen LogP contribution in [0.15, 0.2) is 0 Å². The molecule has 2 heterocycles. The van der Waals surface area contributed by atoms with Crippen LogP contribution in [0.5, 0.6) is 0 Å². The van der Waals surface area contributed by atoms with Gasteiger partial charge in [-0.3, -0.25) is 9.59 Å². The molecule has 0 aromatic rings. The van der Waals surface area contributed by atoms with E-state index in [1.807, 2.05) is 13.8 Å². The Morgan fingerprint density at radius 3 is 2.80 bits per heavy atom. The highest BCUT2D eigenvalue weighted by atomic mass is 32.2. The SMILES string of the molecule is CCC(N)(CC)CNC(=O)C1CSC2(C)CCC(=O)N12. The van der Waals surface area contributed by atoms with Crippen molar-refractivity contribution in [3.05, 3.63) is 0 Å². The predicted molar refractivity (Wildman–Crippen MR) is 81.2 cm³/mol. The fraction of sp³-hybridized carbons (Fsp3) is 0.857. The molecule has 0 bridgehead atoms. The van der Waals surface area contributed by atoms with E-state index in [9.17, 15) is 9.59 Å². The van der Waals surface area contributed by atoms with Crippen molar-refractivity contribution in [2.24, 2.45) is 5.73 Å². The number of rotatable bonds is 5. The van der Waals surface area contributed by atoms with E-state index in [-0.39, 0.29) is 28.3 Å². The Morgan fingerprint density at radius 2 is 2.20 bits per heavy atom. The average molecular weight is 299 g/mol. The summed E-state index contributed by atoms with van der Waals surface area (Å²) < 4.78 is 0. The molecule has 2 unspecified atom stereocenters. The van der Waals surface area contributed by atoms with Gasteiger partial charge in [-0.1, -0.05) is 13.8 Å². The minimum atomic E-state index is -0.347. The Morgan fingerprint density at radius 1 is 1.55 bits per heavy atom. The summed E-state index contributed by atoms with van der Waals surface area (Å²) in [6.45, 7) is 6.59. The third-order valence-electron chi connectivity index (χ3n) is 4.77. The predicted octanol–water partition coefficient (Wildman–Crippen LogP) is 1.07. The molecule has 2 aliphatic heterocycles. The van der Waals surface area contributed by atoms with E-state index < -0.39 is 0 Å². The van der Waals surface area contributed by atoms with Crippen LogP contribution in [0.3, 0.4) is 0 Å². The molecule has 2 atom stereocenters. The molecule has 0 radical (unpaired) electrons. The Kier molecular flexibility index (Phi) is 4.35. The van der Waals surface area contributed by atoms with Gasteiger partial charge in [0.05, 0.1) is 4.87 Å². The van der Waals surface area contributed by atoms with Gasteiger partial charge in [-0.05, 0) is 26.2 Å². The van der Waals surface area contributed by atoms with Crippen molar-refractivity contribution < 1.29 is 9.59 Å². The largest absolute Gasteiger partial charge is 0.352 e. The van der Waals surface area contributed by atoms with E-state index in [2.05, 4.69) is 12.2 Å². The first kappa shape index (κ1) is 15.6. The van der Waals surface area contributed by atoms with Gasteiger partial charge >= 0.3 is 0 Å². The van der Waals surface area contributed by atoms with Gasteiger partial charge in [0.1, 0.15) is 6.04 Å². The zero-order valence-corrected chi connectivity index (χ0v) is 13.4. The minimum Gasteiger partial charge on any atom is -0.352 e. The molecule has 20 heavy (non-hydrogen) atoms. The lowest BCUT2D eigenvalue weighted by molar-refractivity contribution is -0.138. The zero-order chi connectivity index (χ0) is 15.0. The monoisotopic (exact) mass is 299 g/mol. The maximum atomic E-state index is 12.4. The summed E-state index contributed by atoms with van der Waals surface area (Å²) in [6.07, 6.45) is 3.04. The van der Waals surface area contributed by atoms with Crippen LogP contribution in [0.1, 0.15) is 46.5 Å². The quantitative estimate of drug-likeness (QED) is 0.796. The molecular weight excluding hydrogens is 274 g/mol. The summed E-state index contributed by atoms with van der Waals surface area (Å²) in [5, 5.41) is 2.95. The van der Waals surface area contributed by atoms with Crippen LogP contribution in [-0.2, 0) is 9.59 Å². The van der Waals surface area contributed by atoms with Crippen LogP contribution >= 0.6 is 11.8 Å². The van der Waals surface area contributed by atoms with Crippen molar-refractivity contribution in [2.45, 2.75) is 62.9 Å². The molecule has 0 spiro atoms. The van der Waals surface area contributed by atoms with Gasteiger partial charge in [-0.2, -0.15) is 0 Å². The van der Waals surface area contributed by atoms with Crippen LogP contribution < -0.4 is 11.1 Å². The summed E-state index contributed by atoms with van der Waals surface area (Å²) in [5.41, 5.74) is 5.86. The Labute approximate surface area is 125 Å². The number of carbonyl (C=O) groups excluding carboxylic acids is 2. The number of nitrogens with one attached hydrogen (secondary N) is 1. The molecule has 3 N–H and O–H groups in total. The van der Waals surface area contributed by atoms with E-state index in [4.69, 9.17) is 5.73 Å². The van der Waals surface area contributed by atoms with Crippen molar-refractivity contribution in [1.82, 2.24) is 10.2 Å². The summed E-state index contributed by atoms with van der Waals surface area (Å²) in [5.74, 6) is 0.722. The molecular formula is C14H25N3O2S. The third-order valence-corrected chi connectivity index (χ3v) is 6.28. The molecule has 114 valence electrons. The third kappa shape index (κ3) is 2.68. The van der Waals surface area contributed by atoms with Crippen LogP contribution in [0, 0.1) is 0 Å². The smallest absolute Gasteiger partial charge is 0.243 e. The lowest BCUT2D eigenvalue weighted by Gasteiger charge is -2.31. The first-order valence-corrected chi connectivity index (χ1v) is 8.36. The lowest BCUT2D eigenvalue weighted by Crippen LogP contribution is -2.55. The molecule has 2 saturated heterocycles. The highest BCUT2D eigenvalue weighted by Gasteiger charge is 2.52. The zero-order valence-electron chi connectivity index (χ0n) is 12.6. The number of nitrogens with two attached hydrogens (primary N) is 1. The van der Waals surface area contributed by atoms with E-state index in [0.29, 0.717) is 18.7 Å². The van der Waals surface area contributed by atoms with Crippen molar-refractivity contribution >= 4 is 23.6 Å². The number of hydrogen-bond donors (Lipinski definition) is 2. The summed E-state index contributed by atoms with van der Waals surface area (Å²) in [6, 6.07) is -0.335. The maximum Gasteiger partial charge on any atom is 0.243 e. The van der Waals surface area contributed by atoms with Gasteiger partial charge in [0.2, 0.25) is 11.8 Å². The van der Waals surface area contributed by atoms with Crippen molar-refractivity contribution in [1.29, 1.82) is 0 Å². The second kappa shape index (κ2) is 5.56. The molecule has 2 amide bonds. The van der Waals surface area contributed by atoms with Gasteiger partial charge in [0, 0.05) is 24.3 Å². The standard InChI is InChI=1S/C14H25N3O2S/c1-4-14(15,5-2)9-16-12(19)10-8-20-13(3)7-6-11(18)17(10)13/h10H,4-9,15H2,1-3H3,(H,16,19). The van der Waals surface area contributed by atoms with Gasteiger partial charge in [0.15, 0.2) is 0 Å². The van der Waals surface area contributed by atoms with E-state index in [1.165, 1.54) is 0 Å². The Bertz CT molecular complexity index is 411. The second-order valence-electron chi connectivity index (χ2n) is 6.05. The first-order chi connectivity index (χ1) is 9.35. The average Bonchev–Trinajstić information content (AvgIpc) is 2.93. The number of fused-ring (bicyclic) bond motifs is 1. The summed E-state index contributed by atoms with van der Waals surface area (Å²) >= 11 is 1.71. The molecule has 5 nitrogen and oxygen atoms in total. The van der Waals surface area contributed by atoms with E-state index in [1.54, 1.807) is 16.7 Å². The van der Waals surface area contributed by atoms with Gasteiger partial charge in [0.25, 0.3) is 0 Å². The number of carbonyl (C=O) groups is 2. The van der Waals surface area contributed by atoms with Crippen LogP contribution in [0.2, 0.25) is 0 Å². The number of hydrogen-bond acceptors (Lipinski definition) is 4. The molecule has 2 fully saturated rings. The molecule has 2 rings (SSSR count). The van der Waals surface area contributed by atoms with Crippen molar-refractivity contribution in [2.75, 3.05) is 12.3 Å². The highest BCUT2D eigenvalue weighted by Crippen LogP contribution is 2.47. The van der Waals surface area contributed by atoms with Gasteiger partial charge < -0.3 is 16.0 Å². The molecule has 2 aliphatic rings. The topological polar surface area (TPSA) is 75.4 Å². The Hall–Kier alpha value is -0.750. The highest BCUT2D eigenvalue weighted by molar-refractivity contribution is 8.01. The molecule has 0 saturated carbocycles. The van der Waals surface area contributed by atoms with Crippen molar-refractivity contribution in [3.63, 3.8) is 0 Å². The summed E-state index contributed by atoms with van der Waals surface area (Å²) in [7, 11) is 0. The maximum absolute atomic E-state index is 12.4. The van der Waals surface area contributed by atoms with Gasteiger partial charge in [-0.15, -0.1) is 11.8 Å². The van der Waals surface area contributed by atoms with E-state index in [0.717, 1.165) is 19.3 Å². The fourth-order valence-corrected chi connectivity index (χ4v) is 4.33. The molecule has 0 aromatic carbocycles. The Balaban J connectivity index is 1.99. The van der Waals surface area contributed by atoms with Crippen LogP contribution in [0.4, 0.5) is 0 Å². The summed E-state index contributed by atoms with van der Waals surface area (Å²) in [4.78, 5) is 26.0. The molecule has 0 aromatic heterocycles. The second-order valence-corrected chi connectivity index (χ2v) is 7.55. The fourth-order valence-electron chi connectivity index (χ4n) is 2.90. The number of amides is 2. The van der Waals surface area contributed by atoms with E-state index >= 15 is 0 Å². The normalized spacial score (nSPS) is 29.7. The minimum absolute atomic E-state index is 0.0619. The number of thioether (sulfide) groups is 1. The lowest BCUT2D eigenvalue weighted by atomic mass is 9.94. The number of nitrogens with zero attached hydrogens (tertiary/aromatic N) is 1. The first-order valence-electron chi connectivity index (χ1n) is 7.38. The van der Waals surface area contributed by atoms with Crippen LogP contribution in [0.25, 0.3) is 0 Å². The van der Waals surface area contributed by atoms with Crippen molar-refractivity contribution in [3.8, 4) is 0 Å². The molecule has 0 aliphatic carbocycles. The molecule has 6 heteroatoms. The van der Waals surface area contributed by atoms with Gasteiger partial charge in [-0.25, -0.2) is 0 Å².